The number of aryl methyl sites for hydroxylation is 2. The molecule has 0 spiro atoms. The molecule has 2 aromatic rings. The Kier molecular flexibility index (Phi) is 10.4. The molecule has 2 aromatic carbocycles. The van der Waals surface area contributed by atoms with Crippen LogP contribution in [0.25, 0.3) is 10.8 Å². The number of rotatable bonds is 9. The van der Waals surface area contributed by atoms with E-state index in [-0.39, 0.29) is 56.3 Å². The minimum atomic E-state index is -4.47. The van der Waals surface area contributed by atoms with E-state index in [1.807, 2.05) is 24.3 Å². The summed E-state index contributed by atoms with van der Waals surface area (Å²) in [5.74, 6) is 0. The van der Waals surface area contributed by atoms with Crippen LogP contribution in [-0.4, -0.2) is 13.0 Å². The van der Waals surface area contributed by atoms with Gasteiger partial charge in [-0.15, -0.1) is 0 Å². The van der Waals surface area contributed by atoms with Crippen molar-refractivity contribution in [3.63, 3.8) is 0 Å². The SMILES string of the molecule is CCCCCc1ccc(S(=O)(=O)[O-])c2c(CCCCC)cccc12.[K+]. The van der Waals surface area contributed by atoms with E-state index in [0.717, 1.165) is 67.9 Å². The predicted octanol–water partition coefficient (Wildman–Crippen LogP) is 2.21. The Morgan fingerprint density at radius 2 is 1.44 bits per heavy atom. The Balaban J connectivity index is 0.00000312. The molecule has 0 aliphatic heterocycles. The Morgan fingerprint density at radius 1 is 0.840 bits per heavy atom. The summed E-state index contributed by atoms with van der Waals surface area (Å²) in [7, 11) is -4.47. The zero-order valence-electron chi connectivity index (χ0n) is 15.7. The van der Waals surface area contributed by atoms with Crippen LogP contribution in [-0.2, 0) is 23.0 Å². The molecule has 5 heteroatoms. The summed E-state index contributed by atoms with van der Waals surface area (Å²) in [6.45, 7) is 4.31. The van der Waals surface area contributed by atoms with Crippen molar-refractivity contribution in [1.29, 1.82) is 0 Å². The largest absolute Gasteiger partial charge is 1.00 e. The Morgan fingerprint density at radius 3 is 2.00 bits per heavy atom. The first-order valence-electron chi connectivity index (χ1n) is 8.98. The zero-order valence-corrected chi connectivity index (χ0v) is 19.6. The van der Waals surface area contributed by atoms with Crippen LogP contribution in [0.4, 0.5) is 0 Å². The van der Waals surface area contributed by atoms with Gasteiger partial charge in [0.05, 0.1) is 4.90 Å². The molecule has 0 fully saturated rings. The molecular weight excluding hydrogens is 359 g/mol. The van der Waals surface area contributed by atoms with Gasteiger partial charge >= 0.3 is 51.4 Å². The molecule has 2 rings (SSSR count). The van der Waals surface area contributed by atoms with E-state index in [2.05, 4.69) is 13.8 Å². The molecule has 0 amide bonds. The monoisotopic (exact) mass is 386 g/mol. The van der Waals surface area contributed by atoms with E-state index < -0.39 is 10.1 Å². The van der Waals surface area contributed by atoms with Crippen LogP contribution in [0, 0.1) is 0 Å². The van der Waals surface area contributed by atoms with Gasteiger partial charge in [0.2, 0.25) is 0 Å². The van der Waals surface area contributed by atoms with E-state index in [9.17, 15) is 13.0 Å². The maximum absolute atomic E-state index is 11.7. The molecule has 0 unspecified atom stereocenters. The van der Waals surface area contributed by atoms with Crippen LogP contribution in [0.3, 0.4) is 0 Å². The van der Waals surface area contributed by atoms with Crippen LogP contribution in [0.1, 0.15) is 63.5 Å². The molecule has 0 saturated carbocycles. The van der Waals surface area contributed by atoms with Crippen LogP contribution in [0.2, 0.25) is 0 Å². The molecule has 0 bridgehead atoms. The smallest absolute Gasteiger partial charge is 0.744 e. The first-order valence-corrected chi connectivity index (χ1v) is 10.4. The fourth-order valence-corrected chi connectivity index (χ4v) is 4.00. The van der Waals surface area contributed by atoms with Gasteiger partial charge in [0.15, 0.2) is 0 Å². The maximum Gasteiger partial charge on any atom is 1.00 e. The van der Waals surface area contributed by atoms with E-state index >= 15 is 0 Å². The van der Waals surface area contributed by atoms with E-state index in [4.69, 9.17) is 0 Å². The number of unbranched alkanes of at least 4 members (excludes halogenated alkanes) is 4. The Labute approximate surface area is 194 Å². The summed E-state index contributed by atoms with van der Waals surface area (Å²) >= 11 is 0. The second-order valence-electron chi connectivity index (χ2n) is 6.43. The summed E-state index contributed by atoms with van der Waals surface area (Å²) in [5.41, 5.74) is 2.12. The molecular formula is C20H27KO3S. The third-order valence-corrected chi connectivity index (χ3v) is 5.43. The Hall–Kier alpha value is 0.246. The van der Waals surface area contributed by atoms with Gasteiger partial charge < -0.3 is 4.55 Å². The topological polar surface area (TPSA) is 57.2 Å². The van der Waals surface area contributed by atoms with Crippen molar-refractivity contribution < 1.29 is 64.4 Å². The van der Waals surface area contributed by atoms with Gasteiger partial charge in [-0.1, -0.05) is 63.8 Å². The van der Waals surface area contributed by atoms with Crippen molar-refractivity contribution in [2.75, 3.05) is 0 Å². The van der Waals surface area contributed by atoms with Crippen LogP contribution >= 0.6 is 0 Å². The maximum atomic E-state index is 11.7. The molecule has 3 nitrogen and oxygen atoms in total. The van der Waals surface area contributed by atoms with Gasteiger partial charge in [0.25, 0.3) is 0 Å². The van der Waals surface area contributed by atoms with Crippen molar-refractivity contribution in [3.05, 3.63) is 41.5 Å². The van der Waals surface area contributed by atoms with Crippen molar-refractivity contribution in [2.45, 2.75) is 70.1 Å². The van der Waals surface area contributed by atoms with Crippen LogP contribution < -0.4 is 51.4 Å². The van der Waals surface area contributed by atoms with Crippen molar-refractivity contribution in [1.82, 2.24) is 0 Å². The van der Waals surface area contributed by atoms with E-state index in [1.165, 1.54) is 6.07 Å². The summed E-state index contributed by atoms with van der Waals surface area (Å²) in [6.07, 6.45) is 8.33. The van der Waals surface area contributed by atoms with Gasteiger partial charge in [0.1, 0.15) is 10.1 Å². The second-order valence-corrected chi connectivity index (χ2v) is 7.78. The van der Waals surface area contributed by atoms with Gasteiger partial charge in [-0.3, -0.25) is 0 Å². The van der Waals surface area contributed by atoms with Crippen LogP contribution in [0.5, 0.6) is 0 Å². The molecule has 132 valence electrons. The summed E-state index contributed by atoms with van der Waals surface area (Å²) < 4.78 is 35.2. The number of fused-ring (bicyclic) bond motifs is 1. The molecule has 0 N–H and O–H groups in total. The first-order chi connectivity index (χ1) is 11.5. The summed E-state index contributed by atoms with van der Waals surface area (Å²) in [6, 6.07) is 9.22. The molecule has 0 heterocycles. The number of benzene rings is 2. The summed E-state index contributed by atoms with van der Waals surface area (Å²) in [5, 5.41) is 1.58. The van der Waals surface area contributed by atoms with Gasteiger partial charge in [-0.25, -0.2) is 8.42 Å². The van der Waals surface area contributed by atoms with Gasteiger partial charge in [-0.2, -0.15) is 0 Å². The normalized spacial score (nSPS) is 11.5. The van der Waals surface area contributed by atoms with E-state index in [1.54, 1.807) is 0 Å². The molecule has 0 radical (unpaired) electrons. The molecule has 0 saturated heterocycles. The second kappa shape index (κ2) is 11.2. The standard InChI is InChI=1S/C20H28O3S.K/c1-3-5-7-10-16-14-15-19(24(21,22)23)20-17(11-8-6-4-2)12-9-13-18(16)20;/h9,12-15H,3-8,10-11H2,1-2H3,(H,21,22,23);/q;+1/p-1. The number of hydrogen-bond acceptors (Lipinski definition) is 3. The minimum Gasteiger partial charge on any atom is -0.744 e. The molecule has 0 aromatic heterocycles. The average molecular weight is 387 g/mol. The fraction of sp³-hybridized carbons (Fsp3) is 0.500. The molecule has 0 aliphatic rings. The quantitative estimate of drug-likeness (QED) is 0.377. The Bertz CT molecular complexity index is 785. The first kappa shape index (κ1) is 23.3. The minimum absolute atomic E-state index is 0. The van der Waals surface area contributed by atoms with Crippen molar-refractivity contribution in [3.8, 4) is 0 Å². The predicted molar refractivity (Wildman–Crippen MR) is 98.4 cm³/mol. The fourth-order valence-electron chi connectivity index (χ4n) is 3.27. The van der Waals surface area contributed by atoms with E-state index in [0.29, 0.717) is 5.39 Å². The number of hydrogen-bond donors (Lipinski definition) is 0. The summed E-state index contributed by atoms with van der Waals surface area (Å²) in [4.78, 5) is -0.0659. The van der Waals surface area contributed by atoms with Gasteiger partial charge in [-0.05, 0) is 48.3 Å². The van der Waals surface area contributed by atoms with Crippen molar-refractivity contribution in [2.24, 2.45) is 0 Å². The molecule has 0 aliphatic carbocycles. The zero-order chi connectivity index (χ0) is 17.6. The van der Waals surface area contributed by atoms with Crippen LogP contribution in [0.15, 0.2) is 35.2 Å². The third kappa shape index (κ3) is 6.42. The van der Waals surface area contributed by atoms with Gasteiger partial charge in [0, 0.05) is 5.39 Å². The molecule has 0 atom stereocenters. The third-order valence-electron chi connectivity index (χ3n) is 4.55. The van der Waals surface area contributed by atoms with Crippen molar-refractivity contribution >= 4 is 20.9 Å². The molecule has 25 heavy (non-hydrogen) atoms. The average Bonchev–Trinajstić information content (AvgIpc) is 2.54.